The highest BCUT2D eigenvalue weighted by atomic mass is 32.2. The van der Waals surface area contributed by atoms with Crippen LogP contribution in [-0.2, 0) is 24.3 Å². The van der Waals surface area contributed by atoms with Crippen LogP contribution >= 0.6 is 0 Å². The van der Waals surface area contributed by atoms with Gasteiger partial charge in [-0.15, -0.1) is 0 Å². The van der Waals surface area contributed by atoms with E-state index in [1.165, 1.54) is 10.4 Å². The van der Waals surface area contributed by atoms with E-state index in [9.17, 15) is 18.0 Å². The lowest BCUT2D eigenvalue weighted by Crippen LogP contribution is -2.40. The largest absolute Gasteiger partial charge is 0.493 e. The van der Waals surface area contributed by atoms with Gasteiger partial charge >= 0.3 is 5.97 Å². The van der Waals surface area contributed by atoms with E-state index in [2.05, 4.69) is 5.32 Å². The second-order valence-corrected chi connectivity index (χ2v) is 8.96. The van der Waals surface area contributed by atoms with Crippen LogP contribution in [-0.4, -0.2) is 64.1 Å². The first kappa shape index (κ1) is 23.7. The van der Waals surface area contributed by atoms with Crippen LogP contribution in [0.1, 0.15) is 22.8 Å². The molecule has 1 saturated heterocycles. The van der Waals surface area contributed by atoms with Gasteiger partial charge in [0, 0.05) is 18.8 Å². The maximum Gasteiger partial charge on any atom is 0.342 e. The molecule has 0 saturated carbocycles. The highest BCUT2D eigenvalue weighted by Crippen LogP contribution is 2.24. The van der Waals surface area contributed by atoms with Crippen molar-refractivity contribution in [3.05, 3.63) is 53.6 Å². The Bertz CT molecular complexity index is 1080. The van der Waals surface area contributed by atoms with E-state index in [0.29, 0.717) is 31.1 Å². The van der Waals surface area contributed by atoms with Crippen LogP contribution in [0.5, 0.6) is 5.75 Å². The molecule has 1 amide bonds. The van der Waals surface area contributed by atoms with E-state index in [4.69, 9.17) is 14.2 Å². The summed E-state index contributed by atoms with van der Waals surface area (Å²) in [4.78, 5) is 24.7. The molecular formula is C22H26N2O7S. The first-order valence-electron chi connectivity index (χ1n) is 10.2. The van der Waals surface area contributed by atoms with Crippen LogP contribution in [0.25, 0.3) is 0 Å². The van der Waals surface area contributed by atoms with Crippen LogP contribution in [0.3, 0.4) is 0 Å². The van der Waals surface area contributed by atoms with Gasteiger partial charge in [-0.2, -0.15) is 4.31 Å². The number of anilines is 1. The summed E-state index contributed by atoms with van der Waals surface area (Å²) >= 11 is 0. The summed E-state index contributed by atoms with van der Waals surface area (Å²) in [5, 5.41) is 2.58. The third kappa shape index (κ3) is 5.64. The molecule has 3 rings (SSSR count). The van der Waals surface area contributed by atoms with Crippen LogP contribution in [0.4, 0.5) is 5.69 Å². The van der Waals surface area contributed by atoms with Crippen LogP contribution < -0.4 is 10.1 Å². The molecule has 9 nitrogen and oxygen atoms in total. The zero-order valence-electron chi connectivity index (χ0n) is 18.0. The predicted octanol–water partition coefficient (Wildman–Crippen LogP) is 2.21. The molecule has 0 aliphatic carbocycles. The molecule has 1 N–H and O–H groups in total. The highest BCUT2D eigenvalue weighted by Gasteiger charge is 2.28. The average molecular weight is 463 g/mol. The minimum absolute atomic E-state index is 0.111. The number of nitrogens with one attached hydrogen (secondary N) is 1. The Hall–Kier alpha value is -2.95. The predicted molar refractivity (Wildman–Crippen MR) is 117 cm³/mol. The summed E-state index contributed by atoms with van der Waals surface area (Å²) in [5.41, 5.74) is 1.07. The van der Waals surface area contributed by atoms with Gasteiger partial charge in [-0.3, -0.25) is 4.79 Å². The maximum absolute atomic E-state index is 13.0. The first-order chi connectivity index (χ1) is 15.3. The van der Waals surface area contributed by atoms with Crippen molar-refractivity contribution in [2.45, 2.75) is 18.7 Å². The van der Waals surface area contributed by atoms with E-state index in [1.807, 2.05) is 0 Å². The van der Waals surface area contributed by atoms with Gasteiger partial charge < -0.3 is 19.5 Å². The summed E-state index contributed by atoms with van der Waals surface area (Å²) in [6.07, 6.45) is 0. The van der Waals surface area contributed by atoms with E-state index in [1.54, 1.807) is 50.2 Å². The van der Waals surface area contributed by atoms with Gasteiger partial charge in [0.05, 0.1) is 24.7 Å². The number of morpholine rings is 1. The Balaban J connectivity index is 1.66. The van der Waals surface area contributed by atoms with Crippen molar-refractivity contribution < 1.29 is 32.2 Å². The number of sulfonamides is 1. The molecule has 1 aliphatic heterocycles. The molecule has 0 bridgehead atoms. The summed E-state index contributed by atoms with van der Waals surface area (Å²) in [5.74, 6) is -0.911. The summed E-state index contributed by atoms with van der Waals surface area (Å²) in [6.45, 7) is 4.57. The lowest BCUT2D eigenvalue weighted by Gasteiger charge is -2.26. The summed E-state index contributed by atoms with van der Waals surface area (Å²) < 4.78 is 43.0. The van der Waals surface area contributed by atoms with E-state index < -0.39 is 28.5 Å². The first-order valence-corrected chi connectivity index (χ1v) is 11.6. The van der Waals surface area contributed by atoms with E-state index in [0.717, 1.165) is 0 Å². The molecule has 0 atom stereocenters. The fraction of sp³-hybridized carbons (Fsp3) is 0.364. The quantitative estimate of drug-likeness (QED) is 0.599. The molecule has 0 radical (unpaired) electrons. The molecule has 1 fully saturated rings. The lowest BCUT2D eigenvalue weighted by atomic mass is 10.2. The molecule has 0 aromatic heterocycles. The van der Waals surface area contributed by atoms with Gasteiger partial charge in [-0.25, -0.2) is 13.2 Å². The van der Waals surface area contributed by atoms with Crippen LogP contribution in [0, 0.1) is 6.92 Å². The molecule has 0 unspecified atom stereocenters. The van der Waals surface area contributed by atoms with Gasteiger partial charge in [0.25, 0.3) is 5.91 Å². The smallest absolute Gasteiger partial charge is 0.342 e. The molecule has 2 aromatic rings. The van der Waals surface area contributed by atoms with Crippen molar-refractivity contribution in [3.63, 3.8) is 0 Å². The summed E-state index contributed by atoms with van der Waals surface area (Å²) in [6, 6.07) is 11.2. The van der Waals surface area contributed by atoms with Crippen molar-refractivity contribution in [1.82, 2.24) is 4.31 Å². The number of carbonyl (C=O) groups excluding carboxylic acids is 2. The number of amides is 1. The number of aryl methyl sites for hydroxylation is 1. The fourth-order valence-corrected chi connectivity index (χ4v) is 4.86. The topological polar surface area (TPSA) is 111 Å². The molecular weight excluding hydrogens is 436 g/mol. The van der Waals surface area contributed by atoms with Gasteiger partial charge in [-0.05, 0) is 43.7 Å². The molecule has 1 aliphatic rings. The molecule has 172 valence electrons. The Kier molecular flexibility index (Phi) is 7.84. The number of rotatable bonds is 8. The third-order valence-electron chi connectivity index (χ3n) is 4.80. The van der Waals surface area contributed by atoms with Gasteiger partial charge in [0.15, 0.2) is 6.61 Å². The van der Waals surface area contributed by atoms with E-state index >= 15 is 0 Å². The molecule has 0 spiro atoms. The second kappa shape index (κ2) is 10.6. The normalized spacial score (nSPS) is 14.6. The lowest BCUT2D eigenvalue weighted by molar-refractivity contribution is -0.119. The second-order valence-electron chi connectivity index (χ2n) is 7.05. The van der Waals surface area contributed by atoms with Crippen molar-refractivity contribution >= 4 is 27.6 Å². The molecule has 2 aromatic carbocycles. The maximum atomic E-state index is 13.0. The standard InChI is InChI=1S/C22H26N2O7S/c1-3-30-19-7-5-4-6-18(19)22(26)31-15-21(25)23-17-9-8-16(2)20(14-17)32(27,28)24-10-12-29-13-11-24/h4-9,14H,3,10-13,15H2,1-2H3,(H,23,25). The minimum Gasteiger partial charge on any atom is -0.493 e. The number of para-hydroxylation sites is 1. The fourth-order valence-electron chi connectivity index (χ4n) is 3.20. The Morgan fingerprint density at radius 3 is 2.56 bits per heavy atom. The van der Waals surface area contributed by atoms with Crippen molar-refractivity contribution in [3.8, 4) is 5.75 Å². The van der Waals surface area contributed by atoms with Gasteiger partial charge in [-0.1, -0.05) is 18.2 Å². The van der Waals surface area contributed by atoms with Crippen molar-refractivity contribution in [1.29, 1.82) is 0 Å². The molecule has 10 heteroatoms. The monoisotopic (exact) mass is 462 g/mol. The number of hydrogen-bond acceptors (Lipinski definition) is 7. The Labute approximate surface area is 187 Å². The Morgan fingerprint density at radius 1 is 1.12 bits per heavy atom. The number of esters is 1. The number of hydrogen-bond donors (Lipinski definition) is 1. The molecule has 32 heavy (non-hydrogen) atoms. The van der Waals surface area contributed by atoms with Crippen molar-refractivity contribution in [2.75, 3.05) is 44.8 Å². The SMILES string of the molecule is CCOc1ccccc1C(=O)OCC(=O)Nc1ccc(C)c(S(=O)(=O)N2CCOCC2)c1. The van der Waals surface area contributed by atoms with Crippen LogP contribution in [0.2, 0.25) is 0 Å². The summed E-state index contributed by atoms with van der Waals surface area (Å²) in [7, 11) is -3.72. The number of carbonyl (C=O) groups is 2. The number of ether oxygens (including phenoxy) is 3. The van der Waals surface area contributed by atoms with Crippen molar-refractivity contribution in [2.24, 2.45) is 0 Å². The average Bonchev–Trinajstić information content (AvgIpc) is 2.80. The Morgan fingerprint density at radius 2 is 1.84 bits per heavy atom. The van der Waals surface area contributed by atoms with E-state index in [-0.39, 0.29) is 29.2 Å². The zero-order chi connectivity index (χ0) is 23.1. The number of benzene rings is 2. The van der Waals surface area contributed by atoms with Crippen LogP contribution in [0.15, 0.2) is 47.4 Å². The number of nitrogens with zero attached hydrogens (tertiary/aromatic N) is 1. The molecule has 1 heterocycles. The zero-order valence-corrected chi connectivity index (χ0v) is 18.8. The third-order valence-corrected chi connectivity index (χ3v) is 6.84. The van der Waals surface area contributed by atoms with Gasteiger partial charge in [0.1, 0.15) is 11.3 Å². The minimum atomic E-state index is -3.72. The highest BCUT2D eigenvalue weighted by molar-refractivity contribution is 7.89. The van der Waals surface area contributed by atoms with Gasteiger partial charge in [0.2, 0.25) is 10.0 Å².